The molecule has 3 aliphatic carbocycles. The second-order valence-corrected chi connectivity index (χ2v) is 8.37. The van der Waals surface area contributed by atoms with Gasteiger partial charge in [0.05, 0.1) is 0 Å². The molecular weight excluding hydrogens is 230 g/mol. The van der Waals surface area contributed by atoms with Crippen molar-refractivity contribution in [1.82, 2.24) is 5.32 Å². The van der Waals surface area contributed by atoms with Gasteiger partial charge in [-0.3, -0.25) is 0 Å². The Morgan fingerprint density at radius 1 is 0.842 bits per heavy atom. The summed E-state index contributed by atoms with van der Waals surface area (Å²) in [4.78, 5) is 0. The number of nitrogens with one attached hydrogen (secondary N) is 1. The molecule has 0 radical (unpaired) electrons. The van der Waals surface area contributed by atoms with E-state index in [1.54, 1.807) is 6.42 Å². The van der Waals surface area contributed by atoms with E-state index < -0.39 is 0 Å². The fourth-order valence-corrected chi connectivity index (χ4v) is 5.96. The van der Waals surface area contributed by atoms with Crippen LogP contribution in [0.4, 0.5) is 0 Å². The molecular formula is C18H33N. The monoisotopic (exact) mass is 263 g/mol. The molecule has 1 N–H and O–H groups in total. The van der Waals surface area contributed by atoms with Gasteiger partial charge in [-0.2, -0.15) is 0 Å². The minimum atomic E-state index is 0.781. The fourth-order valence-electron chi connectivity index (χ4n) is 5.96. The molecule has 110 valence electrons. The Morgan fingerprint density at radius 2 is 1.47 bits per heavy atom. The molecule has 0 saturated heterocycles. The first-order chi connectivity index (χ1) is 9.02. The number of rotatable bonds is 2. The van der Waals surface area contributed by atoms with Crippen LogP contribution in [-0.4, -0.2) is 13.1 Å². The zero-order chi connectivity index (χ0) is 13.7. The summed E-state index contributed by atoms with van der Waals surface area (Å²) in [6.45, 7) is 9.98. The van der Waals surface area contributed by atoms with Crippen molar-refractivity contribution in [2.45, 2.75) is 59.4 Å². The van der Waals surface area contributed by atoms with Gasteiger partial charge in [0, 0.05) is 6.04 Å². The van der Waals surface area contributed by atoms with Crippen molar-refractivity contribution in [3.8, 4) is 0 Å². The Hall–Kier alpha value is -0.0400. The van der Waals surface area contributed by atoms with Crippen LogP contribution < -0.4 is 5.32 Å². The van der Waals surface area contributed by atoms with Gasteiger partial charge in [-0.25, -0.2) is 0 Å². The first kappa shape index (κ1) is 13.9. The second kappa shape index (κ2) is 5.06. The molecule has 19 heavy (non-hydrogen) atoms. The van der Waals surface area contributed by atoms with E-state index in [0.717, 1.165) is 53.4 Å². The largest absolute Gasteiger partial charge is 0.317 e. The highest BCUT2D eigenvalue weighted by atomic mass is 14.9. The highest BCUT2D eigenvalue weighted by molar-refractivity contribution is 5.02. The van der Waals surface area contributed by atoms with Crippen molar-refractivity contribution >= 4 is 0 Å². The minimum absolute atomic E-state index is 0.781. The molecule has 8 unspecified atom stereocenters. The molecule has 0 aromatic heterocycles. The molecule has 8 atom stereocenters. The smallest absolute Gasteiger partial charge is 0.0100 e. The van der Waals surface area contributed by atoms with Gasteiger partial charge in [0.25, 0.3) is 0 Å². The Balaban J connectivity index is 1.81. The van der Waals surface area contributed by atoms with E-state index in [1.165, 1.54) is 19.3 Å². The molecule has 3 fully saturated rings. The Labute approximate surface area is 119 Å². The van der Waals surface area contributed by atoms with Gasteiger partial charge in [0.1, 0.15) is 0 Å². The average Bonchev–Trinajstić information content (AvgIpc) is 3.07. The third-order valence-corrected chi connectivity index (χ3v) is 6.93. The molecule has 3 saturated carbocycles. The molecule has 0 amide bonds. The average molecular weight is 263 g/mol. The summed E-state index contributed by atoms with van der Waals surface area (Å²) in [7, 11) is 2.18. The molecule has 0 aromatic rings. The first-order valence-corrected chi connectivity index (χ1v) is 8.70. The van der Waals surface area contributed by atoms with E-state index in [4.69, 9.17) is 0 Å². The first-order valence-electron chi connectivity index (χ1n) is 8.70. The van der Waals surface area contributed by atoms with E-state index >= 15 is 0 Å². The molecule has 0 spiro atoms. The van der Waals surface area contributed by atoms with E-state index in [0.29, 0.717) is 0 Å². The van der Waals surface area contributed by atoms with Gasteiger partial charge in [-0.15, -0.1) is 0 Å². The van der Waals surface area contributed by atoms with Crippen LogP contribution in [0.1, 0.15) is 53.4 Å². The maximum Gasteiger partial charge on any atom is 0.0100 e. The number of hydrogen-bond donors (Lipinski definition) is 1. The summed E-state index contributed by atoms with van der Waals surface area (Å²) in [6.07, 6.45) is 6.02. The van der Waals surface area contributed by atoms with Crippen LogP contribution in [0.3, 0.4) is 0 Å². The zero-order valence-electron chi connectivity index (χ0n) is 13.5. The zero-order valence-corrected chi connectivity index (χ0v) is 13.5. The highest BCUT2D eigenvalue weighted by Crippen LogP contribution is 2.58. The third-order valence-electron chi connectivity index (χ3n) is 6.93. The van der Waals surface area contributed by atoms with Crippen molar-refractivity contribution in [2.24, 2.45) is 47.3 Å². The van der Waals surface area contributed by atoms with Crippen molar-refractivity contribution in [1.29, 1.82) is 0 Å². The lowest BCUT2D eigenvalue weighted by molar-refractivity contribution is 0.151. The summed E-state index contributed by atoms with van der Waals surface area (Å²) < 4.78 is 0. The van der Waals surface area contributed by atoms with Crippen LogP contribution in [0.5, 0.6) is 0 Å². The number of fused-ring (bicyclic) bond motifs is 2. The van der Waals surface area contributed by atoms with Gasteiger partial charge in [0.2, 0.25) is 0 Å². The predicted molar refractivity (Wildman–Crippen MR) is 81.9 cm³/mol. The standard InChI is InChI=1S/C18H33N/c1-10(2)18-16-7-12(4)15-9-14(15)11(3)6-13(16)8-17(18)19-5/h10-19H,6-9H2,1-5H3. The number of hydrogen-bond acceptors (Lipinski definition) is 1. The van der Waals surface area contributed by atoms with Gasteiger partial charge in [0.15, 0.2) is 0 Å². The Morgan fingerprint density at radius 3 is 2.05 bits per heavy atom. The Bertz CT molecular complexity index is 324. The van der Waals surface area contributed by atoms with Crippen LogP contribution in [0.2, 0.25) is 0 Å². The molecule has 3 aliphatic rings. The van der Waals surface area contributed by atoms with Crippen molar-refractivity contribution in [3.05, 3.63) is 0 Å². The summed E-state index contributed by atoms with van der Waals surface area (Å²) in [6, 6.07) is 0.781. The molecule has 0 aromatic carbocycles. The molecule has 1 heteroatoms. The lowest BCUT2D eigenvalue weighted by Gasteiger charge is -2.34. The summed E-state index contributed by atoms with van der Waals surface area (Å²) in [5, 5.41) is 3.64. The van der Waals surface area contributed by atoms with E-state index in [-0.39, 0.29) is 0 Å². The van der Waals surface area contributed by atoms with Crippen LogP contribution in [0.25, 0.3) is 0 Å². The van der Waals surface area contributed by atoms with Crippen LogP contribution >= 0.6 is 0 Å². The summed E-state index contributed by atoms with van der Waals surface area (Å²) in [5.41, 5.74) is 0. The van der Waals surface area contributed by atoms with Crippen LogP contribution in [0, 0.1) is 47.3 Å². The quantitative estimate of drug-likeness (QED) is 0.788. The highest BCUT2D eigenvalue weighted by Gasteiger charge is 2.52. The predicted octanol–water partition coefficient (Wildman–Crippen LogP) is 4.18. The summed E-state index contributed by atoms with van der Waals surface area (Å²) in [5.74, 6) is 7.89. The van der Waals surface area contributed by atoms with Gasteiger partial charge < -0.3 is 5.32 Å². The molecule has 0 heterocycles. The van der Waals surface area contributed by atoms with E-state index in [9.17, 15) is 0 Å². The van der Waals surface area contributed by atoms with Crippen molar-refractivity contribution < 1.29 is 0 Å². The minimum Gasteiger partial charge on any atom is -0.317 e. The Kier molecular flexibility index (Phi) is 3.71. The van der Waals surface area contributed by atoms with Gasteiger partial charge >= 0.3 is 0 Å². The maximum atomic E-state index is 3.64. The normalized spacial score (nSPS) is 53.4. The van der Waals surface area contributed by atoms with Crippen LogP contribution in [0.15, 0.2) is 0 Å². The SMILES string of the molecule is CNC1CC2CC(C)C3CC3C(C)CC2C1C(C)C. The lowest BCUT2D eigenvalue weighted by Crippen LogP contribution is -2.35. The van der Waals surface area contributed by atoms with Crippen LogP contribution in [-0.2, 0) is 0 Å². The van der Waals surface area contributed by atoms with Gasteiger partial charge in [-0.05, 0) is 80.1 Å². The second-order valence-electron chi connectivity index (χ2n) is 8.37. The molecule has 1 nitrogen and oxygen atoms in total. The van der Waals surface area contributed by atoms with E-state index in [1.807, 2.05) is 0 Å². The van der Waals surface area contributed by atoms with Crippen molar-refractivity contribution in [2.75, 3.05) is 7.05 Å². The van der Waals surface area contributed by atoms with Crippen molar-refractivity contribution in [3.63, 3.8) is 0 Å². The third kappa shape index (κ3) is 2.37. The fraction of sp³-hybridized carbons (Fsp3) is 1.00. The summed E-state index contributed by atoms with van der Waals surface area (Å²) >= 11 is 0. The van der Waals surface area contributed by atoms with Gasteiger partial charge in [-0.1, -0.05) is 27.7 Å². The maximum absolute atomic E-state index is 3.64. The lowest BCUT2D eigenvalue weighted by atomic mass is 9.71. The molecule has 0 aliphatic heterocycles. The van der Waals surface area contributed by atoms with E-state index in [2.05, 4.69) is 40.1 Å². The topological polar surface area (TPSA) is 12.0 Å². The molecule has 0 bridgehead atoms. The molecule has 3 rings (SSSR count).